The van der Waals surface area contributed by atoms with E-state index < -0.39 is 12.1 Å². The molecule has 3 N–H and O–H groups in total. The van der Waals surface area contributed by atoms with Gasteiger partial charge >= 0.3 is 0 Å². The summed E-state index contributed by atoms with van der Waals surface area (Å²) in [6.45, 7) is 2.98. The monoisotopic (exact) mass is 380 g/mol. The molecule has 0 unspecified atom stereocenters. The number of piperazine rings is 1. The first-order valence-electron chi connectivity index (χ1n) is 8.42. The summed E-state index contributed by atoms with van der Waals surface area (Å²) in [5.41, 5.74) is 1.22. The Kier molecular flexibility index (Phi) is 5.33. The Morgan fingerprint density at radius 2 is 2.15 bits per heavy atom. The van der Waals surface area contributed by atoms with Gasteiger partial charge in [0.2, 0.25) is 17.7 Å². The normalized spacial score (nSPS) is 23.0. The van der Waals surface area contributed by atoms with E-state index in [9.17, 15) is 19.5 Å². The number of hydrogen-bond donors (Lipinski definition) is 3. The van der Waals surface area contributed by atoms with Crippen molar-refractivity contribution in [2.45, 2.75) is 25.5 Å². The van der Waals surface area contributed by atoms with Crippen molar-refractivity contribution < 1.29 is 19.5 Å². The van der Waals surface area contributed by atoms with Gasteiger partial charge < -0.3 is 25.5 Å². The molecule has 2 fully saturated rings. The number of benzene rings is 1. The lowest BCUT2D eigenvalue weighted by Gasteiger charge is -2.29. The number of aliphatic hydroxyl groups excluding tert-OH is 1. The molecule has 8 nitrogen and oxygen atoms in total. The van der Waals surface area contributed by atoms with Crippen molar-refractivity contribution in [1.29, 1.82) is 0 Å². The molecule has 2 aliphatic rings. The van der Waals surface area contributed by atoms with Crippen molar-refractivity contribution in [1.82, 2.24) is 10.2 Å². The van der Waals surface area contributed by atoms with Crippen molar-refractivity contribution >= 4 is 40.7 Å². The van der Waals surface area contributed by atoms with Gasteiger partial charge in [-0.15, -0.1) is 0 Å². The molecule has 140 valence electrons. The Morgan fingerprint density at radius 1 is 1.38 bits per heavy atom. The van der Waals surface area contributed by atoms with Crippen LogP contribution in [0.2, 0.25) is 5.02 Å². The van der Waals surface area contributed by atoms with Gasteiger partial charge in [0.25, 0.3) is 0 Å². The van der Waals surface area contributed by atoms with Gasteiger partial charge in [0.15, 0.2) is 0 Å². The lowest BCUT2D eigenvalue weighted by molar-refractivity contribution is -0.134. The van der Waals surface area contributed by atoms with Gasteiger partial charge in [-0.25, -0.2) is 0 Å². The summed E-state index contributed by atoms with van der Waals surface area (Å²) in [5.74, 6) is -0.676. The minimum Gasteiger partial charge on any atom is -0.391 e. The zero-order valence-corrected chi connectivity index (χ0v) is 15.1. The number of aliphatic hydroxyl groups is 1. The van der Waals surface area contributed by atoms with Gasteiger partial charge in [-0.1, -0.05) is 11.6 Å². The maximum atomic E-state index is 12.5. The van der Waals surface area contributed by atoms with Crippen LogP contribution in [-0.2, 0) is 14.4 Å². The minimum atomic E-state index is -0.703. The zero-order valence-electron chi connectivity index (χ0n) is 14.4. The second-order valence-electron chi connectivity index (χ2n) is 6.50. The number of halogens is 1. The van der Waals surface area contributed by atoms with Crippen molar-refractivity contribution in [2.24, 2.45) is 0 Å². The molecule has 0 aromatic heterocycles. The van der Waals surface area contributed by atoms with Crippen LogP contribution in [0.4, 0.5) is 11.4 Å². The highest BCUT2D eigenvalue weighted by Gasteiger charge is 2.37. The number of β-amino-alcohol motifs (C(OH)–C–C–N with tert-alkyl or cyclic N) is 1. The van der Waals surface area contributed by atoms with Crippen LogP contribution in [0.15, 0.2) is 18.2 Å². The molecule has 0 radical (unpaired) electrons. The number of likely N-dealkylation sites (tertiary alicyclic amines) is 1. The molecule has 0 spiro atoms. The van der Waals surface area contributed by atoms with E-state index in [0.29, 0.717) is 23.8 Å². The van der Waals surface area contributed by atoms with Gasteiger partial charge in [0.1, 0.15) is 6.04 Å². The molecule has 26 heavy (non-hydrogen) atoms. The third kappa shape index (κ3) is 3.91. The Hall–Kier alpha value is -2.32. The van der Waals surface area contributed by atoms with E-state index in [1.54, 1.807) is 18.2 Å². The predicted octanol–water partition coefficient (Wildman–Crippen LogP) is 0.196. The third-order valence-corrected chi connectivity index (χ3v) is 4.88. The number of rotatable bonds is 3. The van der Waals surface area contributed by atoms with Gasteiger partial charge in [-0.05, 0) is 18.2 Å². The summed E-state index contributed by atoms with van der Waals surface area (Å²) in [5, 5.41) is 15.7. The predicted molar refractivity (Wildman–Crippen MR) is 97.1 cm³/mol. The molecule has 2 heterocycles. The fourth-order valence-corrected chi connectivity index (χ4v) is 3.62. The van der Waals surface area contributed by atoms with Gasteiger partial charge in [-0.3, -0.25) is 14.4 Å². The fraction of sp³-hybridized carbons (Fsp3) is 0.471. The van der Waals surface area contributed by atoms with E-state index in [2.05, 4.69) is 10.6 Å². The smallest absolute Gasteiger partial charge is 0.247 e. The van der Waals surface area contributed by atoms with Crippen molar-refractivity contribution in [3.05, 3.63) is 23.2 Å². The van der Waals surface area contributed by atoms with E-state index in [1.165, 1.54) is 11.8 Å². The quantitative estimate of drug-likeness (QED) is 0.695. The van der Waals surface area contributed by atoms with E-state index in [-0.39, 0.29) is 37.2 Å². The highest BCUT2D eigenvalue weighted by Crippen LogP contribution is 2.30. The number of anilines is 2. The molecule has 1 aromatic carbocycles. The van der Waals surface area contributed by atoms with Crippen molar-refractivity contribution in [3.8, 4) is 0 Å². The topological polar surface area (TPSA) is 102 Å². The maximum Gasteiger partial charge on any atom is 0.247 e. The summed E-state index contributed by atoms with van der Waals surface area (Å²) >= 11 is 6.33. The Morgan fingerprint density at radius 3 is 2.81 bits per heavy atom. The first kappa shape index (κ1) is 18.5. The van der Waals surface area contributed by atoms with Crippen LogP contribution in [0, 0.1) is 0 Å². The van der Waals surface area contributed by atoms with Crippen LogP contribution in [0.25, 0.3) is 0 Å². The van der Waals surface area contributed by atoms with Crippen LogP contribution in [0.5, 0.6) is 0 Å². The average molecular weight is 381 g/mol. The standard InChI is InChI=1S/C17H21ClN4O4/c1-10(23)22-8-12(24)7-15(22)17(26)20-11-2-3-14(13(18)6-11)21-5-4-19-16(25)9-21/h2-3,6,12,15,24H,4-5,7-9H2,1H3,(H,19,25)(H,20,26)/t12-,15+/m0/s1. The fourth-order valence-electron chi connectivity index (χ4n) is 3.32. The summed E-state index contributed by atoms with van der Waals surface area (Å²) in [6.07, 6.45) is -0.494. The summed E-state index contributed by atoms with van der Waals surface area (Å²) in [7, 11) is 0. The molecule has 3 amide bonds. The Bertz CT molecular complexity index is 741. The molecular formula is C17H21ClN4O4. The summed E-state index contributed by atoms with van der Waals surface area (Å²) in [4.78, 5) is 38.9. The number of nitrogens with zero attached hydrogens (tertiary/aromatic N) is 2. The van der Waals surface area contributed by atoms with Crippen LogP contribution in [0.1, 0.15) is 13.3 Å². The highest BCUT2D eigenvalue weighted by molar-refractivity contribution is 6.33. The molecule has 9 heteroatoms. The summed E-state index contributed by atoms with van der Waals surface area (Å²) in [6, 6.07) is 4.37. The Labute approximate surface area is 156 Å². The van der Waals surface area contributed by atoms with Crippen LogP contribution < -0.4 is 15.5 Å². The van der Waals surface area contributed by atoms with E-state index in [4.69, 9.17) is 11.6 Å². The number of nitrogens with one attached hydrogen (secondary N) is 2. The second-order valence-corrected chi connectivity index (χ2v) is 6.91. The van der Waals surface area contributed by atoms with E-state index in [1.807, 2.05) is 4.90 Å². The summed E-state index contributed by atoms with van der Waals surface area (Å²) < 4.78 is 0. The first-order valence-corrected chi connectivity index (χ1v) is 8.80. The zero-order chi connectivity index (χ0) is 18.8. The molecule has 0 bridgehead atoms. The van der Waals surface area contributed by atoms with Crippen molar-refractivity contribution in [2.75, 3.05) is 36.4 Å². The third-order valence-electron chi connectivity index (χ3n) is 4.58. The molecule has 2 aliphatic heterocycles. The van der Waals surface area contributed by atoms with Gasteiger partial charge in [0.05, 0.1) is 23.4 Å². The average Bonchev–Trinajstić information content (AvgIpc) is 2.97. The number of amides is 3. The highest BCUT2D eigenvalue weighted by atomic mass is 35.5. The Balaban J connectivity index is 1.70. The lowest BCUT2D eigenvalue weighted by atomic mass is 10.1. The molecule has 0 saturated carbocycles. The second kappa shape index (κ2) is 7.51. The molecule has 2 saturated heterocycles. The van der Waals surface area contributed by atoms with Crippen LogP contribution in [-0.4, -0.2) is 66.1 Å². The molecule has 3 rings (SSSR count). The minimum absolute atomic E-state index is 0.0613. The van der Waals surface area contributed by atoms with Crippen molar-refractivity contribution in [3.63, 3.8) is 0 Å². The van der Waals surface area contributed by atoms with E-state index in [0.717, 1.165) is 5.69 Å². The van der Waals surface area contributed by atoms with Crippen LogP contribution >= 0.6 is 11.6 Å². The van der Waals surface area contributed by atoms with E-state index >= 15 is 0 Å². The lowest BCUT2D eigenvalue weighted by Crippen LogP contribution is -2.47. The molecular weight excluding hydrogens is 360 g/mol. The number of carbonyl (C=O) groups is 3. The van der Waals surface area contributed by atoms with Gasteiger partial charge in [-0.2, -0.15) is 0 Å². The molecule has 2 atom stereocenters. The van der Waals surface area contributed by atoms with Crippen LogP contribution in [0.3, 0.4) is 0 Å². The largest absolute Gasteiger partial charge is 0.391 e. The SMILES string of the molecule is CC(=O)N1C[C@@H](O)C[C@@H]1C(=O)Nc1ccc(N2CCNC(=O)C2)c(Cl)c1. The number of hydrogen-bond acceptors (Lipinski definition) is 5. The number of carbonyl (C=O) groups excluding carboxylic acids is 3. The molecule has 1 aromatic rings. The first-order chi connectivity index (χ1) is 12.3. The van der Waals surface area contributed by atoms with Gasteiger partial charge in [0, 0.05) is 38.7 Å². The molecule has 0 aliphatic carbocycles. The maximum absolute atomic E-state index is 12.5.